The molecule has 0 radical (unpaired) electrons. The van der Waals surface area contributed by atoms with Crippen molar-refractivity contribution in [2.75, 3.05) is 17.7 Å². The van der Waals surface area contributed by atoms with Gasteiger partial charge in [0.2, 0.25) is 5.91 Å². The molecule has 2 atom stereocenters. The topological polar surface area (TPSA) is 97.6 Å². The molecule has 2 unspecified atom stereocenters. The van der Waals surface area contributed by atoms with Crippen LogP contribution in [0, 0.1) is 12.8 Å². The smallest absolute Gasteiger partial charge is 0.261 e. The van der Waals surface area contributed by atoms with Crippen molar-refractivity contribution in [3.8, 4) is 5.75 Å². The SMILES string of the molecule is COc1ccc(NC(=O)C2C(C)=Nc3c(C(=O)Nc4ccc(C)cc4)cnn3C2c2cccc(Cl)c2)cc1. The Hall–Kier alpha value is -4.43. The minimum atomic E-state index is -0.698. The fourth-order valence-corrected chi connectivity index (χ4v) is 4.72. The van der Waals surface area contributed by atoms with Gasteiger partial charge < -0.3 is 15.4 Å². The molecule has 0 aliphatic carbocycles. The van der Waals surface area contributed by atoms with Crippen molar-refractivity contribution in [2.24, 2.45) is 10.9 Å². The third-order valence-electron chi connectivity index (χ3n) is 6.46. The third-order valence-corrected chi connectivity index (χ3v) is 6.70. The van der Waals surface area contributed by atoms with E-state index in [1.165, 1.54) is 6.20 Å². The van der Waals surface area contributed by atoms with Crippen LogP contribution in [0.3, 0.4) is 0 Å². The van der Waals surface area contributed by atoms with Crippen molar-refractivity contribution in [3.63, 3.8) is 0 Å². The Balaban J connectivity index is 1.51. The number of amides is 2. The highest BCUT2D eigenvalue weighted by molar-refractivity contribution is 6.30. The predicted molar refractivity (Wildman–Crippen MR) is 149 cm³/mol. The number of carbonyl (C=O) groups excluding carboxylic acids is 2. The number of nitrogens with one attached hydrogen (secondary N) is 2. The zero-order valence-corrected chi connectivity index (χ0v) is 21.9. The molecule has 3 aromatic carbocycles. The average Bonchev–Trinajstić information content (AvgIpc) is 3.33. The number of fused-ring (bicyclic) bond motifs is 1. The van der Waals surface area contributed by atoms with Crippen LogP contribution in [0.1, 0.15) is 34.5 Å². The van der Waals surface area contributed by atoms with Crippen molar-refractivity contribution in [1.82, 2.24) is 9.78 Å². The molecular weight excluding hydrogens is 502 g/mol. The van der Waals surface area contributed by atoms with E-state index in [4.69, 9.17) is 21.3 Å². The first-order valence-electron chi connectivity index (χ1n) is 12.0. The summed E-state index contributed by atoms with van der Waals surface area (Å²) < 4.78 is 6.83. The molecule has 1 aliphatic rings. The molecule has 4 aromatic rings. The van der Waals surface area contributed by atoms with E-state index in [0.29, 0.717) is 39.2 Å². The Kier molecular flexibility index (Phi) is 6.98. The minimum absolute atomic E-state index is 0.256. The first-order chi connectivity index (χ1) is 18.3. The summed E-state index contributed by atoms with van der Waals surface area (Å²) >= 11 is 6.33. The van der Waals surface area contributed by atoms with E-state index < -0.39 is 12.0 Å². The van der Waals surface area contributed by atoms with Crippen LogP contribution in [-0.2, 0) is 4.79 Å². The lowest BCUT2D eigenvalue weighted by Crippen LogP contribution is -2.39. The first-order valence-corrected chi connectivity index (χ1v) is 12.4. The number of aliphatic imine (C=N–C) groups is 1. The molecule has 2 heterocycles. The summed E-state index contributed by atoms with van der Waals surface area (Å²) in [5.74, 6) is -0.222. The fourth-order valence-electron chi connectivity index (χ4n) is 4.52. The number of ether oxygens (including phenoxy) is 1. The molecule has 0 fully saturated rings. The van der Waals surface area contributed by atoms with Gasteiger partial charge in [0.25, 0.3) is 5.91 Å². The summed E-state index contributed by atoms with van der Waals surface area (Å²) in [6, 6.07) is 21.3. The molecule has 0 spiro atoms. The summed E-state index contributed by atoms with van der Waals surface area (Å²) in [6.45, 7) is 3.77. The zero-order chi connectivity index (χ0) is 26.8. The number of carbonyl (C=O) groups is 2. The average molecular weight is 528 g/mol. The number of rotatable bonds is 6. The number of aryl methyl sites for hydroxylation is 1. The van der Waals surface area contributed by atoms with Gasteiger partial charge >= 0.3 is 0 Å². The standard InChI is InChI=1S/C29H26ClN5O3/c1-17-7-9-21(10-8-17)33-28(36)24-16-31-35-26(19-5-4-6-20(30)15-19)25(18(2)32-27(24)35)29(37)34-22-11-13-23(38-3)14-12-22/h4-16,25-26H,1-3H3,(H,33,36)(H,34,37). The Morgan fingerprint density at radius 2 is 1.63 bits per heavy atom. The first kappa shape index (κ1) is 25.2. The maximum atomic E-state index is 13.6. The van der Waals surface area contributed by atoms with Crippen LogP contribution in [-0.4, -0.2) is 34.4 Å². The number of hydrogen-bond acceptors (Lipinski definition) is 5. The monoisotopic (exact) mass is 527 g/mol. The van der Waals surface area contributed by atoms with Gasteiger partial charge in [-0.15, -0.1) is 0 Å². The van der Waals surface area contributed by atoms with Gasteiger partial charge in [-0.3, -0.25) is 9.59 Å². The maximum absolute atomic E-state index is 13.6. The predicted octanol–water partition coefficient (Wildman–Crippen LogP) is 6.06. The van der Waals surface area contributed by atoms with Gasteiger partial charge in [-0.25, -0.2) is 9.67 Å². The number of halogens is 1. The molecule has 0 saturated carbocycles. The molecule has 0 saturated heterocycles. The van der Waals surface area contributed by atoms with Crippen LogP contribution in [0.2, 0.25) is 5.02 Å². The Morgan fingerprint density at radius 1 is 0.947 bits per heavy atom. The second-order valence-electron chi connectivity index (χ2n) is 9.10. The van der Waals surface area contributed by atoms with Crippen molar-refractivity contribution in [3.05, 3.63) is 101 Å². The van der Waals surface area contributed by atoms with Crippen LogP contribution in [0.25, 0.3) is 0 Å². The molecule has 192 valence electrons. The number of anilines is 2. The maximum Gasteiger partial charge on any atom is 0.261 e. The lowest BCUT2D eigenvalue weighted by Gasteiger charge is -2.31. The van der Waals surface area contributed by atoms with Gasteiger partial charge in [0.05, 0.1) is 19.3 Å². The van der Waals surface area contributed by atoms with Gasteiger partial charge in [-0.1, -0.05) is 41.4 Å². The van der Waals surface area contributed by atoms with Gasteiger partial charge in [-0.05, 0) is 67.9 Å². The highest BCUT2D eigenvalue weighted by atomic mass is 35.5. The van der Waals surface area contributed by atoms with Crippen LogP contribution in [0.15, 0.2) is 84.0 Å². The van der Waals surface area contributed by atoms with Crippen LogP contribution < -0.4 is 15.4 Å². The van der Waals surface area contributed by atoms with E-state index in [0.717, 1.165) is 11.1 Å². The number of aromatic nitrogens is 2. The highest BCUT2D eigenvalue weighted by Gasteiger charge is 2.40. The van der Waals surface area contributed by atoms with E-state index in [1.54, 1.807) is 55.1 Å². The van der Waals surface area contributed by atoms with Crippen molar-refractivity contribution >= 4 is 46.3 Å². The van der Waals surface area contributed by atoms with Gasteiger partial charge in [0.15, 0.2) is 5.82 Å². The molecule has 0 bridgehead atoms. The summed E-state index contributed by atoms with van der Waals surface area (Å²) in [7, 11) is 1.59. The van der Waals surface area contributed by atoms with Gasteiger partial charge in [0.1, 0.15) is 17.2 Å². The number of methoxy groups -OCH3 is 1. The largest absolute Gasteiger partial charge is 0.497 e. The molecule has 2 N–H and O–H groups in total. The van der Waals surface area contributed by atoms with E-state index in [1.807, 2.05) is 43.3 Å². The second-order valence-corrected chi connectivity index (χ2v) is 9.53. The summed E-state index contributed by atoms with van der Waals surface area (Å²) in [4.78, 5) is 31.5. The van der Waals surface area contributed by atoms with Crippen LogP contribution in [0.4, 0.5) is 17.2 Å². The van der Waals surface area contributed by atoms with E-state index in [9.17, 15) is 9.59 Å². The lowest BCUT2D eigenvalue weighted by molar-refractivity contribution is -0.118. The summed E-state index contributed by atoms with van der Waals surface area (Å²) in [6.07, 6.45) is 1.48. The van der Waals surface area contributed by atoms with Crippen molar-refractivity contribution in [1.29, 1.82) is 0 Å². The van der Waals surface area contributed by atoms with E-state index in [2.05, 4.69) is 15.7 Å². The number of nitrogens with zero attached hydrogens (tertiary/aromatic N) is 3. The second kappa shape index (κ2) is 10.5. The number of benzene rings is 3. The molecule has 8 nitrogen and oxygen atoms in total. The number of hydrogen-bond donors (Lipinski definition) is 2. The Labute approximate surface area is 225 Å². The Bertz CT molecular complexity index is 1530. The lowest BCUT2D eigenvalue weighted by atomic mass is 9.87. The Morgan fingerprint density at radius 3 is 2.32 bits per heavy atom. The van der Waals surface area contributed by atoms with Crippen LogP contribution in [0.5, 0.6) is 5.75 Å². The van der Waals surface area contributed by atoms with Crippen LogP contribution >= 0.6 is 11.6 Å². The molecule has 1 aliphatic heterocycles. The minimum Gasteiger partial charge on any atom is -0.497 e. The summed E-state index contributed by atoms with van der Waals surface area (Å²) in [5, 5.41) is 10.9. The molecule has 1 aromatic heterocycles. The van der Waals surface area contributed by atoms with Crippen molar-refractivity contribution < 1.29 is 14.3 Å². The molecule has 5 rings (SSSR count). The fraction of sp³-hybridized carbons (Fsp3) is 0.172. The molecule has 38 heavy (non-hydrogen) atoms. The van der Waals surface area contributed by atoms with Gasteiger partial charge in [-0.2, -0.15) is 5.10 Å². The zero-order valence-electron chi connectivity index (χ0n) is 21.1. The van der Waals surface area contributed by atoms with Gasteiger partial charge in [0, 0.05) is 22.1 Å². The quantitative estimate of drug-likeness (QED) is 0.318. The molecule has 9 heteroatoms. The van der Waals surface area contributed by atoms with E-state index in [-0.39, 0.29) is 11.8 Å². The third kappa shape index (κ3) is 5.03. The highest BCUT2D eigenvalue weighted by Crippen LogP contribution is 2.39. The van der Waals surface area contributed by atoms with E-state index >= 15 is 0 Å². The summed E-state index contributed by atoms with van der Waals surface area (Å²) in [5.41, 5.74) is 4.02. The normalized spacial score (nSPS) is 16.3. The molecule has 2 amide bonds. The molecular formula is C29H26ClN5O3. The van der Waals surface area contributed by atoms with Crippen molar-refractivity contribution in [2.45, 2.75) is 19.9 Å².